The van der Waals surface area contributed by atoms with Crippen LogP contribution in [0.5, 0.6) is 0 Å². The molecule has 142 valence electrons. The van der Waals surface area contributed by atoms with Crippen molar-refractivity contribution >= 4 is 0 Å². The molecule has 0 aromatic rings. The van der Waals surface area contributed by atoms with E-state index >= 15 is 0 Å². The minimum Gasteiger partial charge on any atom is -0.356 e. The Morgan fingerprint density at radius 1 is 0.417 bits per heavy atom. The maximum Gasteiger partial charge on any atom is 4.00 e. The van der Waals surface area contributed by atoms with E-state index < -0.39 is 30.4 Å². The van der Waals surface area contributed by atoms with Gasteiger partial charge in [0.05, 0.1) is 20.3 Å². The Hall–Kier alpha value is -3.91. The van der Waals surface area contributed by atoms with Gasteiger partial charge in [-0.05, 0) is 0 Å². The molecule has 0 aliphatic carbocycles. The first-order valence-electron chi connectivity index (χ1n) is 3.37. The standard InChI is InChI=1S/HN3O4.4NO3.Pt/c4-2(5)1-3(6)7;4*2-1(3)4;/h1H;;;;;/q;4*-1;+4. The molecule has 23 nitrogen and oxygen atoms in total. The van der Waals surface area contributed by atoms with E-state index in [1.54, 1.807) is 0 Å². The zero-order chi connectivity index (χ0) is 20.2. The minimum absolute atomic E-state index is 0. The molecule has 0 unspecified atom stereocenters. The molecular formula is HN7O16Pt. The van der Waals surface area contributed by atoms with Gasteiger partial charge in [0, 0.05) is 0 Å². The predicted molar refractivity (Wildman–Crippen MR) is 58.6 cm³/mol. The number of hydrogen-bond donors (Lipinski definition) is 1. The molecule has 0 atom stereocenters. The fraction of sp³-hybridized carbons (Fsp3) is 0. The number of rotatable bonds is 2. The average Bonchev–Trinajstić information content (AvgIpc) is 2.09. The fourth-order valence-corrected chi connectivity index (χ4v) is 0.0667. The molecule has 0 rings (SSSR count). The first-order valence-corrected chi connectivity index (χ1v) is 3.37. The second-order valence-electron chi connectivity index (χ2n) is 1.51. The molecule has 0 radical (unpaired) electrons. The van der Waals surface area contributed by atoms with Crippen molar-refractivity contribution in [1.29, 1.82) is 0 Å². The Morgan fingerprint density at radius 3 is 0.500 bits per heavy atom. The van der Waals surface area contributed by atoms with Crippen LogP contribution >= 0.6 is 0 Å². The summed E-state index contributed by atoms with van der Waals surface area (Å²) in [4.78, 5) is 51.1. The largest absolute Gasteiger partial charge is 4.00 e. The molecule has 0 spiro atoms. The van der Waals surface area contributed by atoms with Crippen molar-refractivity contribution in [2.75, 3.05) is 0 Å². The van der Waals surface area contributed by atoms with Crippen LogP contribution in [-0.4, -0.2) is 30.4 Å². The Morgan fingerprint density at radius 2 is 0.500 bits per heavy atom. The summed E-state index contributed by atoms with van der Waals surface area (Å²) in [6.07, 6.45) is 0. The maximum absolute atomic E-state index is 9.06. The Kier molecular flexibility index (Phi) is 42.2. The summed E-state index contributed by atoms with van der Waals surface area (Å²) < 4.78 is 0. The first-order chi connectivity index (χ1) is 10.1. The molecule has 0 aliphatic heterocycles. The number of nitrogens with zero attached hydrogens (tertiary/aromatic N) is 6. The summed E-state index contributed by atoms with van der Waals surface area (Å²) in [6.45, 7) is 0. The third-order valence-corrected chi connectivity index (χ3v) is 0.163. The van der Waals surface area contributed by atoms with Gasteiger partial charge in [-0.1, -0.05) is 0 Å². The van der Waals surface area contributed by atoms with E-state index in [-0.39, 0.29) is 21.1 Å². The average molecular weight is 550 g/mol. The summed E-state index contributed by atoms with van der Waals surface area (Å²) in [5, 5.41) is 74.6. The van der Waals surface area contributed by atoms with Gasteiger partial charge in [0.15, 0.2) is 5.53 Å². The molecule has 24 heavy (non-hydrogen) atoms. The molecule has 0 amide bonds. The van der Waals surface area contributed by atoms with Gasteiger partial charge in [-0.25, -0.2) is 20.2 Å². The second-order valence-corrected chi connectivity index (χ2v) is 1.51. The third kappa shape index (κ3) is 677000. The predicted octanol–water partition coefficient (Wildman–Crippen LogP) is -2.00. The van der Waals surface area contributed by atoms with E-state index in [1.807, 2.05) is 0 Å². The normalized spacial score (nSPS) is 6.17. The smallest absolute Gasteiger partial charge is 0.356 e. The van der Waals surface area contributed by atoms with Crippen LogP contribution in [0, 0.1) is 81.5 Å². The summed E-state index contributed by atoms with van der Waals surface area (Å²) >= 11 is 0. The second kappa shape index (κ2) is 27.4. The van der Waals surface area contributed by atoms with E-state index in [0.717, 1.165) is 5.53 Å². The molecule has 0 aromatic carbocycles. The van der Waals surface area contributed by atoms with Crippen LogP contribution in [0.1, 0.15) is 0 Å². The molecule has 0 saturated heterocycles. The van der Waals surface area contributed by atoms with E-state index in [0.29, 0.717) is 0 Å². The number of hydrazine groups is 2. The van der Waals surface area contributed by atoms with Crippen LogP contribution in [-0.2, 0) is 21.1 Å². The Balaban J connectivity index is -0.0000000429. The third-order valence-electron chi connectivity index (χ3n) is 0.163. The van der Waals surface area contributed by atoms with Crippen LogP contribution in [0.25, 0.3) is 0 Å². The Labute approximate surface area is 139 Å². The van der Waals surface area contributed by atoms with E-state index in [9.17, 15) is 0 Å². The molecule has 0 saturated carbocycles. The van der Waals surface area contributed by atoms with Gasteiger partial charge in [-0.15, -0.1) is 0 Å². The van der Waals surface area contributed by atoms with Gasteiger partial charge in [0.1, 0.15) is 0 Å². The van der Waals surface area contributed by atoms with Gasteiger partial charge in [-0.2, -0.15) is 0 Å². The Bertz CT molecular complexity index is 312. The zero-order valence-corrected chi connectivity index (χ0v) is 12.3. The minimum atomic E-state index is -1.75. The topological polar surface area (TPSA) is 363 Å². The van der Waals surface area contributed by atoms with Crippen LogP contribution in [0.3, 0.4) is 0 Å². The molecule has 24 heteroatoms. The van der Waals surface area contributed by atoms with Crippen molar-refractivity contribution in [2.24, 2.45) is 0 Å². The van der Waals surface area contributed by atoms with E-state index in [2.05, 4.69) is 0 Å². The number of hydrogen-bond acceptors (Lipinski definition) is 16. The van der Waals surface area contributed by atoms with Crippen molar-refractivity contribution in [3.8, 4) is 0 Å². The summed E-state index contributed by atoms with van der Waals surface area (Å²) in [5.41, 5.74) is 0.750. The van der Waals surface area contributed by atoms with Crippen LogP contribution < -0.4 is 5.53 Å². The molecule has 0 heterocycles. The monoisotopic (exact) mass is 550 g/mol. The molecule has 1 N–H and O–H groups in total. The first kappa shape index (κ1) is 36.9. The van der Waals surface area contributed by atoms with Crippen molar-refractivity contribution < 1.29 is 51.5 Å². The molecule has 0 aliphatic rings. The fourth-order valence-electron chi connectivity index (χ4n) is 0.0667. The molecule has 0 fully saturated rings. The van der Waals surface area contributed by atoms with Gasteiger partial charge in [-0.3, -0.25) is 0 Å². The quantitative estimate of drug-likeness (QED) is 0.287. The van der Waals surface area contributed by atoms with E-state index in [4.69, 9.17) is 81.5 Å². The molecule has 0 aromatic heterocycles. The maximum atomic E-state index is 9.06. The van der Waals surface area contributed by atoms with Gasteiger partial charge in [0.2, 0.25) is 10.1 Å². The van der Waals surface area contributed by atoms with Crippen LogP contribution in [0.2, 0.25) is 0 Å². The number of nitro groups is 2. The summed E-state index contributed by atoms with van der Waals surface area (Å²) in [5.74, 6) is 0. The van der Waals surface area contributed by atoms with Crippen molar-refractivity contribution in [2.45, 2.75) is 0 Å². The summed E-state index contributed by atoms with van der Waals surface area (Å²) in [6, 6.07) is 0. The van der Waals surface area contributed by atoms with E-state index in [1.165, 1.54) is 0 Å². The SMILES string of the molecule is O=[N+]([O-])N[N+](=O)[O-].O=[N+]([O-])[O-].O=[N+]([O-])[O-].O=[N+]([O-])[O-].O=[N+]([O-])[O-].[Pt+4]. The summed E-state index contributed by atoms with van der Waals surface area (Å²) in [7, 11) is 0. The molecular weight excluding hydrogens is 549 g/mol. The van der Waals surface area contributed by atoms with Crippen molar-refractivity contribution in [1.82, 2.24) is 5.53 Å². The molecule has 0 bridgehead atoms. The number of nitrogens with one attached hydrogen (secondary N) is 1. The van der Waals surface area contributed by atoms with Crippen molar-refractivity contribution in [3.63, 3.8) is 0 Å². The van der Waals surface area contributed by atoms with Gasteiger partial charge >= 0.3 is 21.1 Å². The zero-order valence-electron chi connectivity index (χ0n) is 10.0. The van der Waals surface area contributed by atoms with Gasteiger partial charge in [0.25, 0.3) is 0 Å². The van der Waals surface area contributed by atoms with Crippen LogP contribution in [0.15, 0.2) is 0 Å². The van der Waals surface area contributed by atoms with Crippen molar-refractivity contribution in [3.05, 3.63) is 81.5 Å². The van der Waals surface area contributed by atoms with Gasteiger partial charge < -0.3 is 61.3 Å². The van der Waals surface area contributed by atoms with Crippen LogP contribution in [0.4, 0.5) is 0 Å².